The topological polar surface area (TPSA) is 108 Å². The van der Waals surface area contributed by atoms with E-state index in [-0.39, 0.29) is 23.8 Å². The molecule has 1 aliphatic heterocycles. The number of carbonyl (C=O) groups excluding carboxylic acids is 1. The molecule has 0 spiro atoms. The lowest BCUT2D eigenvalue weighted by atomic mass is 9.87. The highest BCUT2D eigenvalue weighted by Crippen LogP contribution is 2.43. The first-order valence-electron chi connectivity index (χ1n) is 9.62. The van der Waals surface area contributed by atoms with E-state index < -0.39 is 11.9 Å². The molecule has 1 aliphatic rings. The summed E-state index contributed by atoms with van der Waals surface area (Å²) in [4.78, 5) is 12.2. The highest BCUT2D eigenvalue weighted by atomic mass is 16.6. The smallest absolute Gasteiger partial charge is 0.349 e. The summed E-state index contributed by atoms with van der Waals surface area (Å²) in [6, 6.07) is 16.1. The highest BCUT2D eigenvalue weighted by molar-refractivity contribution is 5.74. The number of fused-ring (bicyclic) bond motifs is 1. The molecule has 1 atom stereocenters. The second-order valence-corrected chi connectivity index (χ2v) is 7.15. The molecular weight excluding hydrogens is 396 g/mol. The molecule has 0 radical (unpaired) electrons. The van der Waals surface area contributed by atoms with Crippen LogP contribution in [0.25, 0.3) is 0 Å². The van der Waals surface area contributed by atoms with Gasteiger partial charge >= 0.3 is 5.97 Å². The number of rotatable bonds is 5. The van der Waals surface area contributed by atoms with Gasteiger partial charge < -0.3 is 24.4 Å². The van der Waals surface area contributed by atoms with Crippen LogP contribution >= 0.6 is 0 Å². The minimum Gasteiger partial charge on any atom is -0.482 e. The molecule has 7 heteroatoms. The fourth-order valence-electron chi connectivity index (χ4n) is 3.35. The fraction of sp³-hybridized carbons (Fsp3) is 0.167. The highest BCUT2D eigenvalue weighted by Gasteiger charge is 2.32. The summed E-state index contributed by atoms with van der Waals surface area (Å²) in [7, 11) is 0. The maximum Gasteiger partial charge on any atom is 0.349 e. The van der Waals surface area contributed by atoms with E-state index in [2.05, 4.69) is 6.07 Å². The van der Waals surface area contributed by atoms with E-state index in [1.807, 2.05) is 26.0 Å². The molecule has 0 bridgehead atoms. The number of nitriles is 1. The minimum atomic E-state index is -0.558. The number of hydrogen-bond donors (Lipinski definition) is 1. The lowest BCUT2D eigenvalue weighted by Gasteiger charge is -2.25. The lowest BCUT2D eigenvalue weighted by molar-refractivity contribution is -0.136. The first-order valence-corrected chi connectivity index (χ1v) is 9.62. The third kappa shape index (κ3) is 4.09. The lowest BCUT2D eigenvalue weighted by Crippen LogP contribution is -2.21. The van der Waals surface area contributed by atoms with Gasteiger partial charge in [0.1, 0.15) is 34.7 Å². The number of benzene rings is 2. The minimum absolute atomic E-state index is 0.0158. The number of ether oxygens (including phenoxy) is 3. The van der Waals surface area contributed by atoms with Gasteiger partial charge in [-0.25, -0.2) is 4.79 Å². The molecule has 0 saturated carbocycles. The number of hydrogen-bond acceptors (Lipinski definition) is 7. The molecule has 2 heterocycles. The van der Waals surface area contributed by atoms with Crippen molar-refractivity contribution in [1.82, 2.24) is 0 Å². The summed E-state index contributed by atoms with van der Waals surface area (Å²) in [5.74, 6) is 0.752. The number of aryl methyl sites for hydroxylation is 2. The van der Waals surface area contributed by atoms with Crippen molar-refractivity contribution in [2.45, 2.75) is 19.8 Å². The second kappa shape index (κ2) is 8.28. The second-order valence-electron chi connectivity index (χ2n) is 7.15. The van der Waals surface area contributed by atoms with Crippen LogP contribution in [0.3, 0.4) is 0 Å². The molecule has 1 aromatic heterocycles. The molecule has 3 aromatic rings. The summed E-state index contributed by atoms with van der Waals surface area (Å²) < 4.78 is 22.0. The van der Waals surface area contributed by atoms with E-state index in [1.165, 1.54) is 6.26 Å². The Morgan fingerprint density at radius 3 is 2.65 bits per heavy atom. The standard InChI is InChI=1S/C24H20N2O5/c1-14-5-6-16(10-15(14)2)29-13-22(27)30-17-7-8-18-21(11-17)31-24(26)19(12-25)23(18)20-4-3-9-28-20/h3-11,23H,13,26H2,1-2H3. The average Bonchev–Trinajstić information content (AvgIpc) is 3.28. The van der Waals surface area contributed by atoms with Crippen LogP contribution in [0.1, 0.15) is 28.4 Å². The molecule has 0 aliphatic carbocycles. The van der Waals surface area contributed by atoms with Gasteiger partial charge in [0.15, 0.2) is 6.61 Å². The zero-order valence-electron chi connectivity index (χ0n) is 17.0. The number of carbonyl (C=O) groups is 1. The Labute approximate surface area is 179 Å². The van der Waals surface area contributed by atoms with Crippen molar-refractivity contribution in [2.75, 3.05) is 6.61 Å². The Bertz CT molecular complexity index is 1210. The number of allylic oxidation sites excluding steroid dienone is 1. The Balaban J connectivity index is 1.50. The van der Waals surface area contributed by atoms with Crippen molar-refractivity contribution in [1.29, 1.82) is 5.26 Å². The molecule has 2 N–H and O–H groups in total. The molecule has 31 heavy (non-hydrogen) atoms. The summed E-state index contributed by atoms with van der Waals surface area (Å²) in [5, 5.41) is 9.52. The number of furan rings is 1. The van der Waals surface area contributed by atoms with Gasteiger partial charge in [-0.2, -0.15) is 5.26 Å². The van der Waals surface area contributed by atoms with Gasteiger partial charge in [-0.1, -0.05) is 12.1 Å². The molecule has 0 amide bonds. The van der Waals surface area contributed by atoms with Crippen LogP contribution in [-0.4, -0.2) is 12.6 Å². The Morgan fingerprint density at radius 2 is 1.94 bits per heavy atom. The molecule has 2 aromatic carbocycles. The van der Waals surface area contributed by atoms with E-state index in [1.54, 1.807) is 36.4 Å². The Morgan fingerprint density at radius 1 is 1.13 bits per heavy atom. The van der Waals surface area contributed by atoms with Crippen molar-refractivity contribution in [2.24, 2.45) is 5.73 Å². The predicted molar refractivity (Wildman–Crippen MR) is 111 cm³/mol. The molecule has 0 saturated heterocycles. The number of nitrogens with zero attached hydrogens (tertiary/aromatic N) is 1. The van der Waals surface area contributed by atoms with Crippen LogP contribution < -0.4 is 19.9 Å². The van der Waals surface area contributed by atoms with E-state index in [0.717, 1.165) is 11.1 Å². The zero-order chi connectivity index (χ0) is 22.0. The first kappa shape index (κ1) is 20.1. The number of esters is 1. The maximum atomic E-state index is 12.2. The van der Waals surface area contributed by atoms with Crippen LogP contribution in [0.2, 0.25) is 0 Å². The normalized spacial score (nSPS) is 14.9. The van der Waals surface area contributed by atoms with Gasteiger partial charge in [-0.3, -0.25) is 0 Å². The van der Waals surface area contributed by atoms with Crippen molar-refractivity contribution < 1.29 is 23.4 Å². The van der Waals surface area contributed by atoms with Crippen molar-refractivity contribution >= 4 is 5.97 Å². The van der Waals surface area contributed by atoms with Crippen molar-refractivity contribution in [3.05, 3.63) is 88.7 Å². The molecule has 0 fully saturated rings. The van der Waals surface area contributed by atoms with Crippen LogP contribution in [-0.2, 0) is 4.79 Å². The quantitative estimate of drug-likeness (QED) is 0.493. The summed E-state index contributed by atoms with van der Waals surface area (Å²) in [5.41, 5.74) is 9.12. The number of nitrogens with two attached hydrogens (primary N) is 1. The average molecular weight is 416 g/mol. The van der Waals surface area contributed by atoms with Crippen LogP contribution in [0.15, 0.2) is 70.7 Å². The van der Waals surface area contributed by atoms with Crippen LogP contribution in [0, 0.1) is 25.2 Å². The van der Waals surface area contributed by atoms with E-state index >= 15 is 0 Å². The molecule has 7 nitrogen and oxygen atoms in total. The Hall–Kier alpha value is -4.18. The molecule has 4 rings (SSSR count). The molecular formula is C24H20N2O5. The van der Waals surface area contributed by atoms with Gasteiger partial charge in [0, 0.05) is 11.6 Å². The van der Waals surface area contributed by atoms with Gasteiger partial charge in [0.05, 0.1) is 12.2 Å². The van der Waals surface area contributed by atoms with Gasteiger partial charge in [-0.05, 0) is 55.3 Å². The van der Waals surface area contributed by atoms with Crippen molar-refractivity contribution in [3.8, 4) is 23.3 Å². The summed E-state index contributed by atoms with van der Waals surface area (Å²) in [6.07, 6.45) is 1.53. The third-order valence-electron chi connectivity index (χ3n) is 5.08. The van der Waals surface area contributed by atoms with Gasteiger partial charge in [-0.15, -0.1) is 0 Å². The maximum absolute atomic E-state index is 12.2. The molecule has 156 valence electrons. The zero-order valence-corrected chi connectivity index (χ0v) is 17.0. The summed E-state index contributed by atoms with van der Waals surface area (Å²) in [6.45, 7) is 3.74. The van der Waals surface area contributed by atoms with E-state index in [4.69, 9.17) is 24.4 Å². The fourth-order valence-corrected chi connectivity index (χ4v) is 3.35. The van der Waals surface area contributed by atoms with Gasteiger partial charge in [0.2, 0.25) is 5.88 Å². The van der Waals surface area contributed by atoms with Crippen molar-refractivity contribution in [3.63, 3.8) is 0 Å². The van der Waals surface area contributed by atoms with Crippen LogP contribution in [0.4, 0.5) is 0 Å². The first-order chi connectivity index (χ1) is 15.0. The Kier molecular flexibility index (Phi) is 5.37. The van der Waals surface area contributed by atoms with Gasteiger partial charge in [0.25, 0.3) is 0 Å². The third-order valence-corrected chi connectivity index (χ3v) is 5.08. The van der Waals surface area contributed by atoms with E-state index in [0.29, 0.717) is 22.8 Å². The molecule has 1 unspecified atom stereocenters. The largest absolute Gasteiger partial charge is 0.482 e. The van der Waals surface area contributed by atoms with E-state index in [9.17, 15) is 10.1 Å². The predicted octanol–water partition coefficient (Wildman–Crippen LogP) is 4.10. The SMILES string of the molecule is Cc1ccc(OCC(=O)Oc2ccc3c(c2)OC(N)=C(C#N)C3c2ccco2)cc1C. The monoisotopic (exact) mass is 416 g/mol. The summed E-state index contributed by atoms with van der Waals surface area (Å²) >= 11 is 0. The van der Waals surface area contributed by atoms with Crippen LogP contribution in [0.5, 0.6) is 17.2 Å².